The summed E-state index contributed by atoms with van der Waals surface area (Å²) in [4.78, 5) is 22.0. The second-order valence-electron chi connectivity index (χ2n) is 3.21. The van der Waals surface area contributed by atoms with Crippen LogP contribution in [0.3, 0.4) is 0 Å². The first kappa shape index (κ1) is 9.45. The zero-order valence-electron chi connectivity index (χ0n) is 7.94. The van der Waals surface area contributed by atoms with Crippen LogP contribution in [-0.4, -0.2) is 18.0 Å². The molecule has 2 N–H and O–H groups in total. The number of carbonyl (C=O) groups is 2. The van der Waals surface area contributed by atoms with Crippen molar-refractivity contribution in [3.63, 3.8) is 0 Å². The van der Waals surface area contributed by atoms with Crippen LogP contribution < -0.4 is 10.6 Å². The lowest BCUT2D eigenvalue weighted by atomic mass is 10.2. The van der Waals surface area contributed by atoms with Gasteiger partial charge in [-0.2, -0.15) is 0 Å². The fourth-order valence-corrected chi connectivity index (χ4v) is 1.34. The van der Waals surface area contributed by atoms with E-state index in [-0.39, 0.29) is 5.91 Å². The SMILES string of the molecule is O=C1NC(=O)C(C=Cc2ccccc2)N1. The third-order valence-electron chi connectivity index (χ3n) is 2.09. The molecule has 76 valence electrons. The Morgan fingerprint density at radius 1 is 1.13 bits per heavy atom. The molecule has 1 heterocycles. The van der Waals surface area contributed by atoms with Gasteiger partial charge in [0, 0.05) is 0 Å². The van der Waals surface area contributed by atoms with E-state index >= 15 is 0 Å². The minimum atomic E-state index is -0.558. The topological polar surface area (TPSA) is 58.2 Å². The van der Waals surface area contributed by atoms with Crippen molar-refractivity contribution >= 4 is 18.0 Å². The molecule has 15 heavy (non-hydrogen) atoms. The molecule has 1 aromatic carbocycles. The van der Waals surface area contributed by atoms with E-state index in [1.54, 1.807) is 12.2 Å². The van der Waals surface area contributed by atoms with Crippen LogP contribution >= 0.6 is 0 Å². The average molecular weight is 202 g/mol. The summed E-state index contributed by atoms with van der Waals surface area (Å²) in [6, 6.07) is 8.58. The maximum atomic E-state index is 11.2. The van der Waals surface area contributed by atoms with E-state index in [4.69, 9.17) is 0 Å². The number of hydrogen-bond acceptors (Lipinski definition) is 2. The molecule has 4 heteroatoms. The molecule has 1 unspecified atom stereocenters. The Kier molecular flexibility index (Phi) is 2.49. The Hall–Kier alpha value is -2.10. The van der Waals surface area contributed by atoms with Crippen LogP contribution in [0.15, 0.2) is 36.4 Å². The van der Waals surface area contributed by atoms with E-state index < -0.39 is 12.1 Å². The first-order chi connectivity index (χ1) is 7.25. The number of rotatable bonds is 2. The third-order valence-corrected chi connectivity index (χ3v) is 2.09. The number of imide groups is 1. The van der Waals surface area contributed by atoms with Gasteiger partial charge < -0.3 is 5.32 Å². The van der Waals surface area contributed by atoms with Crippen molar-refractivity contribution in [2.24, 2.45) is 0 Å². The highest BCUT2D eigenvalue weighted by Gasteiger charge is 2.26. The highest BCUT2D eigenvalue weighted by atomic mass is 16.2. The van der Waals surface area contributed by atoms with Gasteiger partial charge in [-0.3, -0.25) is 10.1 Å². The molecule has 0 aromatic heterocycles. The highest BCUT2D eigenvalue weighted by molar-refractivity contribution is 6.05. The van der Waals surface area contributed by atoms with Crippen LogP contribution in [-0.2, 0) is 4.79 Å². The van der Waals surface area contributed by atoms with Crippen LogP contribution in [0.25, 0.3) is 6.08 Å². The van der Waals surface area contributed by atoms with Crippen molar-refractivity contribution in [1.29, 1.82) is 0 Å². The molecular formula is C11H10N2O2. The Labute approximate surface area is 87.0 Å². The van der Waals surface area contributed by atoms with Gasteiger partial charge in [0.2, 0.25) is 0 Å². The molecule has 1 atom stereocenters. The summed E-state index contributed by atoms with van der Waals surface area (Å²) < 4.78 is 0. The predicted molar refractivity (Wildman–Crippen MR) is 55.9 cm³/mol. The maximum Gasteiger partial charge on any atom is 0.322 e. The Morgan fingerprint density at radius 2 is 1.87 bits per heavy atom. The molecular weight excluding hydrogens is 192 g/mol. The monoisotopic (exact) mass is 202 g/mol. The van der Waals surface area contributed by atoms with Crippen LogP contribution in [0.4, 0.5) is 4.79 Å². The third kappa shape index (κ3) is 2.22. The molecule has 2 rings (SSSR count). The van der Waals surface area contributed by atoms with Gasteiger partial charge >= 0.3 is 6.03 Å². The molecule has 0 spiro atoms. The number of amides is 3. The summed E-state index contributed by atoms with van der Waals surface area (Å²) in [6.45, 7) is 0. The number of benzene rings is 1. The molecule has 0 bridgehead atoms. The number of urea groups is 1. The van der Waals surface area contributed by atoms with Crippen molar-refractivity contribution in [3.8, 4) is 0 Å². The van der Waals surface area contributed by atoms with Crippen molar-refractivity contribution in [3.05, 3.63) is 42.0 Å². The summed E-state index contributed by atoms with van der Waals surface area (Å²) in [5.41, 5.74) is 0.992. The van der Waals surface area contributed by atoms with Crippen molar-refractivity contribution < 1.29 is 9.59 Å². The lowest BCUT2D eigenvalue weighted by molar-refractivity contribution is -0.119. The van der Waals surface area contributed by atoms with Gasteiger partial charge in [-0.15, -0.1) is 0 Å². The smallest absolute Gasteiger partial charge is 0.322 e. The Balaban J connectivity index is 2.06. The zero-order valence-corrected chi connectivity index (χ0v) is 7.94. The normalized spacial score (nSPS) is 20.4. The maximum absolute atomic E-state index is 11.2. The van der Waals surface area contributed by atoms with Gasteiger partial charge in [-0.1, -0.05) is 42.5 Å². The first-order valence-corrected chi connectivity index (χ1v) is 4.60. The minimum Gasteiger partial charge on any atom is -0.322 e. The van der Waals surface area contributed by atoms with E-state index in [0.717, 1.165) is 5.56 Å². The number of hydrogen-bond donors (Lipinski definition) is 2. The van der Waals surface area contributed by atoms with E-state index in [9.17, 15) is 9.59 Å². The first-order valence-electron chi connectivity index (χ1n) is 4.60. The van der Waals surface area contributed by atoms with Crippen molar-refractivity contribution in [2.45, 2.75) is 6.04 Å². The standard InChI is InChI=1S/C11H10N2O2/c14-10-9(12-11(15)13-10)7-6-8-4-2-1-3-5-8/h1-7,9H,(H2,12,13,14,15). The fraction of sp³-hybridized carbons (Fsp3) is 0.0909. The average Bonchev–Trinajstić information content (AvgIpc) is 2.56. The molecule has 1 aromatic rings. The zero-order chi connectivity index (χ0) is 10.7. The van der Waals surface area contributed by atoms with Crippen LogP contribution in [0.1, 0.15) is 5.56 Å². The highest BCUT2D eigenvalue weighted by Crippen LogP contribution is 2.03. The largest absolute Gasteiger partial charge is 0.322 e. The van der Waals surface area contributed by atoms with Crippen LogP contribution in [0.5, 0.6) is 0 Å². The lowest BCUT2D eigenvalue weighted by Gasteiger charge is -1.98. The van der Waals surface area contributed by atoms with Crippen molar-refractivity contribution in [2.75, 3.05) is 0 Å². The van der Waals surface area contributed by atoms with Gasteiger partial charge in [0.25, 0.3) is 5.91 Å². The van der Waals surface area contributed by atoms with Crippen LogP contribution in [0.2, 0.25) is 0 Å². The van der Waals surface area contributed by atoms with E-state index in [1.807, 2.05) is 30.3 Å². The summed E-state index contributed by atoms with van der Waals surface area (Å²) in [5, 5.41) is 4.65. The summed E-state index contributed by atoms with van der Waals surface area (Å²) >= 11 is 0. The molecule has 0 radical (unpaired) electrons. The van der Waals surface area contributed by atoms with Gasteiger partial charge in [0.1, 0.15) is 6.04 Å². The summed E-state index contributed by atoms with van der Waals surface area (Å²) in [6.07, 6.45) is 3.46. The molecule has 4 nitrogen and oxygen atoms in total. The minimum absolute atomic E-state index is 0.313. The molecule has 0 aliphatic carbocycles. The second kappa shape index (κ2) is 3.96. The Morgan fingerprint density at radius 3 is 2.47 bits per heavy atom. The lowest BCUT2D eigenvalue weighted by Crippen LogP contribution is -2.26. The van der Waals surface area contributed by atoms with E-state index in [1.165, 1.54) is 0 Å². The molecule has 1 aliphatic heterocycles. The summed E-state index contributed by atoms with van der Waals surface area (Å²) in [5.74, 6) is -0.313. The van der Waals surface area contributed by atoms with Gasteiger partial charge in [0.15, 0.2) is 0 Å². The molecule has 3 amide bonds. The second-order valence-corrected chi connectivity index (χ2v) is 3.21. The van der Waals surface area contributed by atoms with Crippen molar-refractivity contribution in [1.82, 2.24) is 10.6 Å². The van der Waals surface area contributed by atoms with E-state index in [2.05, 4.69) is 10.6 Å². The van der Waals surface area contributed by atoms with Gasteiger partial charge in [-0.25, -0.2) is 4.79 Å². The molecule has 0 saturated carbocycles. The molecule has 1 aliphatic rings. The van der Waals surface area contributed by atoms with Gasteiger partial charge in [0.05, 0.1) is 0 Å². The molecule has 1 fully saturated rings. The fourth-order valence-electron chi connectivity index (χ4n) is 1.34. The number of carbonyl (C=O) groups excluding carboxylic acids is 2. The van der Waals surface area contributed by atoms with Gasteiger partial charge in [-0.05, 0) is 5.56 Å². The number of nitrogens with one attached hydrogen (secondary N) is 2. The van der Waals surface area contributed by atoms with E-state index in [0.29, 0.717) is 0 Å². The quantitative estimate of drug-likeness (QED) is 0.700. The predicted octanol–water partition coefficient (Wildman–Crippen LogP) is 0.908. The Bertz CT molecular complexity index is 412. The van der Waals surface area contributed by atoms with Crippen LogP contribution in [0, 0.1) is 0 Å². The molecule has 1 saturated heterocycles. The summed E-state index contributed by atoms with van der Waals surface area (Å²) in [7, 11) is 0.